The summed E-state index contributed by atoms with van der Waals surface area (Å²) in [5.41, 5.74) is -0.212. The van der Waals surface area contributed by atoms with Crippen molar-refractivity contribution < 1.29 is 31.9 Å². The van der Waals surface area contributed by atoms with Crippen LogP contribution in [-0.4, -0.2) is 63.7 Å². The van der Waals surface area contributed by atoms with Crippen LogP contribution >= 0.6 is 0 Å². The first-order valence-corrected chi connectivity index (χ1v) is 13.1. The predicted octanol–water partition coefficient (Wildman–Crippen LogP) is 2.94. The summed E-state index contributed by atoms with van der Waals surface area (Å²) in [6.07, 6.45) is 0.966. The number of nitrogens with one attached hydrogen (secondary N) is 1. The molecule has 2 amide bonds. The monoisotopic (exact) mass is 523 g/mol. The number of ether oxygens (including phenoxy) is 2. The van der Waals surface area contributed by atoms with Crippen molar-refractivity contribution in [1.29, 1.82) is 0 Å². The second kappa shape index (κ2) is 11.6. The van der Waals surface area contributed by atoms with E-state index in [2.05, 4.69) is 5.32 Å². The van der Waals surface area contributed by atoms with E-state index in [4.69, 9.17) is 9.47 Å². The van der Waals surface area contributed by atoms with Crippen molar-refractivity contribution in [3.63, 3.8) is 0 Å². The van der Waals surface area contributed by atoms with Crippen LogP contribution < -0.4 is 19.1 Å². The highest BCUT2D eigenvalue weighted by molar-refractivity contribution is 7.92. The van der Waals surface area contributed by atoms with E-state index in [-0.39, 0.29) is 23.5 Å². The van der Waals surface area contributed by atoms with E-state index in [1.54, 1.807) is 26.8 Å². The zero-order valence-corrected chi connectivity index (χ0v) is 22.5. The minimum atomic E-state index is -3.93. The first-order valence-electron chi connectivity index (χ1n) is 11.2. The fourth-order valence-electron chi connectivity index (χ4n) is 3.46. The van der Waals surface area contributed by atoms with Crippen LogP contribution in [0.1, 0.15) is 33.3 Å². The van der Waals surface area contributed by atoms with Crippen molar-refractivity contribution in [3.05, 3.63) is 53.8 Å². The summed E-state index contributed by atoms with van der Waals surface area (Å²) in [5.74, 6) is -1.02. The number of anilines is 1. The fraction of sp³-hybridized carbons (Fsp3) is 0.440. The molecule has 11 heteroatoms. The molecule has 1 N–H and O–H groups in total. The smallest absolute Gasteiger partial charge is 0.244 e. The standard InChI is InChI=1S/C25H34FN3O6S/c1-17(24(31)27-25(2,3)4)28(15-18-10-8-9-11-20(18)26)23(30)16-29(36(7,32)33)19-12-13-21(34-5)22(14-19)35-6/h8-14,17H,15-16H2,1-7H3,(H,27,31). The normalized spacial score (nSPS) is 12.4. The summed E-state index contributed by atoms with van der Waals surface area (Å²) in [6.45, 7) is 6.06. The molecule has 0 aliphatic heterocycles. The van der Waals surface area contributed by atoms with Gasteiger partial charge in [-0.1, -0.05) is 18.2 Å². The molecule has 198 valence electrons. The van der Waals surface area contributed by atoms with Gasteiger partial charge in [0.25, 0.3) is 0 Å². The first-order chi connectivity index (χ1) is 16.7. The molecule has 0 fully saturated rings. The van der Waals surface area contributed by atoms with Gasteiger partial charge in [0, 0.05) is 23.7 Å². The number of amides is 2. The number of methoxy groups -OCH3 is 2. The van der Waals surface area contributed by atoms with Crippen LogP contribution in [0.2, 0.25) is 0 Å². The third kappa shape index (κ3) is 7.58. The van der Waals surface area contributed by atoms with Gasteiger partial charge in [0.2, 0.25) is 21.8 Å². The Kier molecular flexibility index (Phi) is 9.31. The Morgan fingerprint density at radius 3 is 2.19 bits per heavy atom. The van der Waals surface area contributed by atoms with Crippen molar-refractivity contribution in [3.8, 4) is 11.5 Å². The molecule has 0 aliphatic carbocycles. The molecule has 0 spiro atoms. The van der Waals surface area contributed by atoms with Crippen molar-refractivity contribution >= 4 is 27.5 Å². The minimum absolute atomic E-state index is 0.168. The maximum Gasteiger partial charge on any atom is 0.244 e. The van der Waals surface area contributed by atoms with Crippen molar-refractivity contribution in [1.82, 2.24) is 10.2 Å². The van der Waals surface area contributed by atoms with E-state index in [0.717, 1.165) is 10.6 Å². The third-order valence-electron chi connectivity index (χ3n) is 5.30. The number of carbonyl (C=O) groups excluding carboxylic acids is 2. The SMILES string of the molecule is COc1ccc(N(CC(=O)N(Cc2ccccc2F)C(C)C(=O)NC(C)(C)C)S(C)(=O)=O)cc1OC. The van der Waals surface area contributed by atoms with Crippen LogP contribution in [0.15, 0.2) is 42.5 Å². The molecule has 36 heavy (non-hydrogen) atoms. The van der Waals surface area contributed by atoms with E-state index in [9.17, 15) is 22.4 Å². The van der Waals surface area contributed by atoms with Gasteiger partial charge in [0.1, 0.15) is 18.4 Å². The van der Waals surface area contributed by atoms with Crippen LogP contribution in [0.4, 0.5) is 10.1 Å². The number of carbonyl (C=O) groups is 2. The Morgan fingerprint density at radius 1 is 1.06 bits per heavy atom. The van der Waals surface area contributed by atoms with Crippen LogP contribution in [-0.2, 0) is 26.2 Å². The molecule has 0 saturated heterocycles. The number of nitrogens with zero attached hydrogens (tertiary/aromatic N) is 2. The molecular weight excluding hydrogens is 489 g/mol. The number of sulfonamides is 1. The molecule has 0 heterocycles. The number of benzene rings is 2. The van der Waals surface area contributed by atoms with Gasteiger partial charge in [0.15, 0.2) is 11.5 Å². The average molecular weight is 524 g/mol. The van der Waals surface area contributed by atoms with Gasteiger partial charge in [-0.3, -0.25) is 13.9 Å². The van der Waals surface area contributed by atoms with E-state index in [1.165, 1.54) is 62.4 Å². The lowest BCUT2D eigenvalue weighted by molar-refractivity contribution is -0.140. The highest BCUT2D eigenvalue weighted by Gasteiger charge is 2.32. The van der Waals surface area contributed by atoms with Gasteiger partial charge >= 0.3 is 0 Å². The van der Waals surface area contributed by atoms with Crippen LogP contribution in [0.5, 0.6) is 11.5 Å². The van der Waals surface area contributed by atoms with Crippen LogP contribution in [0, 0.1) is 5.82 Å². The lowest BCUT2D eigenvalue weighted by Gasteiger charge is -2.33. The molecule has 1 unspecified atom stereocenters. The van der Waals surface area contributed by atoms with Gasteiger partial charge in [-0.05, 0) is 45.9 Å². The number of hydrogen-bond donors (Lipinski definition) is 1. The quantitative estimate of drug-likeness (QED) is 0.514. The molecule has 0 bridgehead atoms. The van der Waals surface area contributed by atoms with Gasteiger partial charge in [0.05, 0.1) is 26.2 Å². The Labute approximate surface area is 212 Å². The molecule has 0 saturated carbocycles. The van der Waals surface area contributed by atoms with E-state index < -0.39 is 45.8 Å². The van der Waals surface area contributed by atoms with Crippen LogP contribution in [0.3, 0.4) is 0 Å². The molecule has 2 aromatic carbocycles. The second-order valence-electron chi connectivity index (χ2n) is 9.34. The zero-order valence-electron chi connectivity index (χ0n) is 21.7. The average Bonchev–Trinajstić information content (AvgIpc) is 2.79. The Hall–Kier alpha value is -3.34. The third-order valence-corrected chi connectivity index (χ3v) is 6.44. The van der Waals surface area contributed by atoms with Crippen molar-refractivity contribution in [2.24, 2.45) is 0 Å². The molecular formula is C25H34FN3O6S. The lowest BCUT2D eigenvalue weighted by atomic mass is 10.1. The Morgan fingerprint density at radius 2 is 1.67 bits per heavy atom. The van der Waals surface area contributed by atoms with Gasteiger partial charge < -0.3 is 19.7 Å². The largest absolute Gasteiger partial charge is 0.493 e. The van der Waals surface area contributed by atoms with Gasteiger partial charge in [-0.25, -0.2) is 12.8 Å². The molecule has 2 rings (SSSR count). The molecule has 1 atom stereocenters. The summed E-state index contributed by atoms with van der Waals surface area (Å²) in [7, 11) is -1.08. The summed E-state index contributed by atoms with van der Waals surface area (Å²) < 4.78 is 51.2. The Bertz CT molecular complexity index is 1200. The maximum atomic E-state index is 14.5. The summed E-state index contributed by atoms with van der Waals surface area (Å²) >= 11 is 0. The summed E-state index contributed by atoms with van der Waals surface area (Å²) in [6, 6.07) is 9.32. The molecule has 2 aromatic rings. The number of rotatable bonds is 10. The topological polar surface area (TPSA) is 105 Å². The van der Waals surface area contributed by atoms with E-state index in [0.29, 0.717) is 5.75 Å². The molecule has 0 aromatic heterocycles. The lowest BCUT2D eigenvalue weighted by Crippen LogP contribution is -2.54. The van der Waals surface area contributed by atoms with Gasteiger partial charge in [-0.2, -0.15) is 0 Å². The van der Waals surface area contributed by atoms with Crippen LogP contribution in [0.25, 0.3) is 0 Å². The molecule has 0 aliphatic rings. The molecule has 0 radical (unpaired) electrons. The van der Waals surface area contributed by atoms with Gasteiger partial charge in [-0.15, -0.1) is 0 Å². The highest BCUT2D eigenvalue weighted by atomic mass is 32.2. The van der Waals surface area contributed by atoms with Crippen molar-refractivity contribution in [2.45, 2.75) is 45.8 Å². The van der Waals surface area contributed by atoms with E-state index >= 15 is 0 Å². The minimum Gasteiger partial charge on any atom is -0.493 e. The maximum absolute atomic E-state index is 14.5. The highest BCUT2D eigenvalue weighted by Crippen LogP contribution is 2.32. The predicted molar refractivity (Wildman–Crippen MR) is 136 cm³/mol. The second-order valence-corrected chi connectivity index (χ2v) is 11.2. The van der Waals surface area contributed by atoms with E-state index in [1.807, 2.05) is 0 Å². The first kappa shape index (κ1) is 28.9. The number of halogens is 1. The zero-order chi connectivity index (χ0) is 27.3. The molecule has 9 nitrogen and oxygen atoms in total. The summed E-state index contributed by atoms with van der Waals surface area (Å²) in [4.78, 5) is 27.6. The number of hydrogen-bond acceptors (Lipinski definition) is 6. The van der Waals surface area contributed by atoms with Crippen molar-refractivity contribution in [2.75, 3.05) is 31.3 Å². The fourth-order valence-corrected chi connectivity index (χ4v) is 4.30. The summed E-state index contributed by atoms with van der Waals surface area (Å²) in [5, 5.41) is 2.81. The Balaban J connectivity index is 2.47.